The van der Waals surface area contributed by atoms with Gasteiger partial charge in [0.2, 0.25) is 0 Å². The molecule has 0 amide bonds. The first-order valence-corrected chi connectivity index (χ1v) is 8.40. The molecule has 2 aromatic heterocycles. The number of nitrogens with zero attached hydrogens (tertiary/aromatic N) is 2. The van der Waals surface area contributed by atoms with Crippen molar-refractivity contribution in [1.82, 2.24) is 9.55 Å². The molecule has 0 aliphatic carbocycles. The lowest BCUT2D eigenvalue weighted by Crippen LogP contribution is -2.26. The minimum atomic E-state index is -0.334. The standard InChI is InChI=1S/C20H17BN2O2/c1-20(2)15-7-3-4-8-17(15)23-18-14(13-6-5-9-22-19(13)23)10-12(25-21-24)11-16(18)20/h3-11,21,24H,1-2H3. The second kappa shape index (κ2) is 4.86. The van der Waals surface area contributed by atoms with Gasteiger partial charge in [-0.05, 0) is 41.5 Å². The maximum Gasteiger partial charge on any atom is 0.504 e. The van der Waals surface area contributed by atoms with Crippen molar-refractivity contribution in [2.75, 3.05) is 0 Å². The van der Waals surface area contributed by atoms with Gasteiger partial charge in [0, 0.05) is 22.4 Å². The molecule has 4 nitrogen and oxygen atoms in total. The van der Waals surface area contributed by atoms with Crippen LogP contribution in [0.4, 0.5) is 0 Å². The third-order valence-corrected chi connectivity index (χ3v) is 5.32. The molecule has 0 saturated heterocycles. The Kier molecular flexibility index (Phi) is 2.83. The molecule has 0 fully saturated rings. The number of hydrogen-bond donors (Lipinski definition) is 1. The third kappa shape index (κ3) is 1.79. The van der Waals surface area contributed by atoms with Gasteiger partial charge in [-0.15, -0.1) is 0 Å². The number of para-hydroxylation sites is 1. The maximum absolute atomic E-state index is 9.24. The molecule has 1 aliphatic rings. The summed E-state index contributed by atoms with van der Waals surface area (Å²) in [6, 6.07) is 16.6. The maximum atomic E-state index is 9.24. The molecule has 0 atom stereocenters. The molecule has 2 aromatic carbocycles. The molecule has 0 saturated carbocycles. The van der Waals surface area contributed by atoms with E-state index >= 15 is 0 Å². The van der Waals surface area contributed by atoms with Gasteiger partial charge in [0.25, 0.3) is 0 Å². The number of benzene rings is 2. The van der Waals surface area contributed by atoms with Crippen LogP contribution in [-0.2, 0) is 5.41 Å². The smallest absolute Gasteiger partial charge is 0.504 e. The van der Waals surface area contributed by atoms with Gasteiger partial charge < -0.3 is 9.68 Å². The van der Waals surface area contributed by atoms with E-state index in [1.165, 1.54) is 22.3 Å². The minimum Gasteiger partial charge on any atom is -0.539 e. The van der Waals surface area contributed by atoms with Gasteiger partial charge in [0.1, 0.15) is 11.4 Å². The Morgan fingerprint density at radius 1 is 1.04 bits per heavy atom. The van der Waals surface area contributed by atoms with Gasteiger partial charge in [-0.25, -0.2) is 4.98 Å². The normalized spacial score (nSPS) is 14.5. The van der Waals surface area contributed by atoms with Gasteiger partial charge in [0.15, 0.2) is 0 Å². The first-order chi connectivity index (χ1) is 12.1. The van der Waals surface area contributed by atoms with Crippen molar-refractivity contribution < 1.29 is 9.68 Å². The van der Waals surface area contributed by atoms with Gasteiger partial charge in [-0.1, -0.05) is 32.0 Å². The number of pyridine rings is 1. The van der Waals surface area contributed by atoms with Crippen LogP contribution < -0.4 is 4.65 Å². The molecule has 122 valence electrons. The number of fused-ring (bicyclic) bond motifs is 5. The highest BCUT2D eigenvalue weighted by molar-refractivity contribution is 6.18. The molecule has 3 heterocycles. The topological polar surface area (TPSA) is 47.3 Å². The molecule has 5 rings (SSSR count). The third-order valence-electron chi connectivity index (χ3n) is 5.32. The highest BCUT2D eigenvalue weighted by Gasteiger charge is 2.35. The van der Waals surface area contributed by atoms with Gasteiger partial charge in [-0.2, -0.15) is 0 Å². The average molecular weight is 328 g/mol. The minimum absolute atomic E-state index is 0.173. The predicted molar refractivity (Wildman–Crippen MR) is 101 cm³/mol. The van der Waals surface area contributed by atoms with E-state index in [2.05, 4.69) is 53.7 Å². The van der Waals surface area contributed by atoms with Gasteiger partial charge >= 0.3 is 7.69 Å². The van der Waals surface area contributed by atoms with Crippen LogP contribution in [0.15, 0.2) is 54.7 Å². The van der Waals surface area contributed by atoms with Crippen LogP contribution in [0.5, 0.6) is 5.75 Å². The zero-order valence-corrected chi connectivity index (χ0v) is 14.2. The molecule has 25 heavy (non-hydrogen) atoms. The lowest BCUT2D eigenvalue weighted by Gasteiger charge is -2.34. The van der Waals surface area contributed by atoms with Crippen molar-refractivity contribution in [3.8, 4) is 11.4 Å². The Bertz CT molecular complexity index is 1150. The fourth-order valence-corrected chi connectivity index (χ4v) is 4.16. The quantitative estimate of drug-likeness (QED) is 0.573. The van der Waals surface area contributed by atoms with Crippen molar-refractivity contribution in [3.63, 3.8) is 0 Å². The van der Waals surface area contributed by atoms with Crippen LogP contribution in [0.3, 0.4) is 0 Å². The van der Waals surface area contributed by atoms with Crippen LogP contribution in [0.25, 0.3) is 27.6 Å². The Balaban J connectivity index is 2.06. The summed E-state index contributed by atoms with van der Waals surface area (Å²) in [6.07, 6.45) is 1.83. The molecule has 4 aromatic rings. The molecule has 0 bridgehead atoms. The van der Waals surface area contributed by atoms with Crippen LogP contribution >= 0.6 is 0 Å². The lowest BCUT2D eigenvalue weighted by atomic mass is 9.74. The van der Waals surface area contributed by atoms with E-state index in [4.69, 9.17) is 4.65 Å². The highest BCUT2D eigenvalue weighted by Crippen LogP contribution is 2.48. The molecule has 0 spiro atoms. The second-order valence-electron chi connectivity index (χ2n) is 6.99. The number of rotatable bonds is 2. The summed E-state index contributed by atoms with van der Waals surface area (Å²) in [5.74, 6) is 0.681. The van der Waals surface area contributed by atoms with Crippen molar-refractivity contribution >= 4 is 29.6 Å². The Hall–Kier alpha value is -2.79. The molecule has 1 N–H and O–H groups in total. The van der Waals surface area contributed by atoms with E-state index < -0.39 is 0 Å². The van der Waals surface area contributed by atoms with E-state index in [0.717, 1.165) is 16.4 Å². The summed E-state index contributed by atoms with van der Waals surface area (Å²) in [5.41, 5.74) is 5.56. The van der Waals surface area contributed by atoms with Crippen LogP contribution in [0.1, 0.15) is 25.0 Å². The summed E-state index contributed by atoms with van der Waals surface area (Å²) in [7, 11) is -0.334. The molecular weight excluding hydrogens is 311 g/mol. The van der Waals surface area contributed by atoms with E-state index in [1.54, 1.807) is 0 Å². The van der Waals surface area contributed by atoms with E-state index in [-0.39, 0.29) is 13.1 Å². The summed E-state index contributed by atoms with van der Waals surface area (Å²) in [4.78, 5) is 4.66. The molecule has 0 radical (unpaired) electrons. The number of aromatic nitrogens is 2. The zero-order chi connectivity index (χ0) is 17.2. The zero-order valence-electron chi connectivity index (χ0n) is 14.2. The van der Waals surface area contributed by atoms with Crippen molar-refractivity contribution in [2.24, 2.45) is 0 Å². The van der Waals surface area contributed by atoms with Gasteiger partial charge in [-0.3, -0.25) is 4.57 Å². The summed E-state index contributed by atoms with van der Waals surface area (Å²) in [5, 5.41) is 11.4. The largest absolute Gasteiger partial charge is 0.539 e. The first kappa shape index (κ1) is 14.5. The second-order valence-corrected chi connectivity index (χ2v) is 6.99. The van der Waals surface area contributed by atoms with E-state index in [9.17, 15) is 5.02 Å². The molecule has 1 aliphatic heterocycles. The van der Waals surface area contributed by atoms with Crippen LogP contribution in [0.2, 0.25) is 0 Å². The van der Waals surface area contributed by atoms with Crippen LogP contribution in [0, 0.1) is 0 Å². The SMILES string of the molecule is CC1(C)c2ccccc2-n2c3ncccc3c3cc(OBO)cc1c32. The summed E-state index contributed by atoms with van der Waals surface area (Å²) < 4.78 is 7.70. The van der Waals surface area contributed by atoms with E-state index in [0.29, 0.717) is 5.75 Å². The molecular formula is C20H17BN2O2. The molecule has 0 unspecified atom stereocenters. The Morgan fingerprint density at radius 3 is 2.72 bits per heavy atom. The Morgan fingerprint density at radius 2 is 1.88 bits per heavy atom. The highest BCUT2D eigenvalue weighted by atomic mass is 16.5. The fraction of sp³-hybridized carbons (Fsp3) is 0.150. The number of hydrogen-bond acceptors (Lipinski definition) is 3. The first-order valence-electron chi connectivity index (χ1n) is 8.40. The van der Waals surface area contributed by atoms with Crippen molar-refractivity contribution in [3.05, 3.63) is 65.9 Å². The Labute approximate surface area is 146 Å². The van der Waals surface area contributed by atoms with E-state index in [1.807, 2.05) is 24.4 Å². The van der Waals surface area contributed by atoms with Crippen LogP contribution in [-0.4, -0.2) is 22.3 Å². The lowest BCUT2D eigenvalue weighted by molar-refractivity contribution is 0.453. The monoisotopic (exact) mass is 328 g/mol. The summed E-state index contributed by atoms with van der Waals surface area (Å²) in [6.45, 7) is 4.47. The van der Waals surface area contributed by atoms with Gasteiger partial charge in [0.05, 0.1) is 11.2 Å². The fourth-order valence-electron chi connectivity index (χ4n) is 4.16. The predicted octanol–water partition coefficient (Wildman–Crippen LogP) is 3.46. The summed E-state index contributed by atoms with van der Waals surface area (Å²) >= 11 is 0. The van der Waals surface area contributed by atoms with Crippen molar-refractivity contribution in [1.29, 1.82) is 0 Å². The van der Waals surface area contributed by atoms with Crippen molar-refractivity contribution in [2.45, 2.75) is 19.3 Å². The molecule has 5 heteroatoms. The average Bonchev–Trinajstić information content (AvgIpc) is 2.95.